The zero-order chi connectivity index (χ0) is 12.3. The van der Waals surface area contributed by atoms with E-state index in [1.54, 1.807) is 25.7 Å². The van der Waals surface area contributed by atoms with Crippen LogP contribution in [0.2, 0.25) is 0 Å². The third kappa shape index (κ3) is 2.79. The van der Waals surface area contributed by atoms with Gasteiger partial charge in [-0.15, -0.1) is 11.3 Å². The second kappa shape index (κ2) is 5.51. The normalized spacial score (nSPS) is 23.6. The van der Waals surface area contributed by atoms with Crippen LogP contribution in [-0.4, -0.2) is 32.4 Å². The van der Waals surface area contributed by atoms with E-state index in [1.807, 2.05) is 0 Å². The molecule has 1 aliphatic carbocycles. The molecule has 0 N–H and O–H groups in total. The van der Waals surface area contributed by atoms with E-state index < -0.39 is 0 Å². The van der Waals surface area contributed by atoms with Crippen LogP contribution < -0.4 is 4.74 Å². The van der Waals surface area contributed by atoms with Crippen molar-refractivity contribution in [2.24, 2.45) is 0 Å². The Balaban J connectivity index is 1.96. The number of methoxy groups -OCH3 is 2. The number of rotatable bonds is 4. The van der Waals surface area contributed by atoms with Gasteiger partial charge in [0, 0.05) is 18.6 Å². The Hall–Kier alpha value is -1.07. The van der Waals surface area contributed by atoms with E-state index in [1.165, 1.54) is 11.3 Å². The Bertz CT molecular complexity index is 388. The average molecular weight is 256 g/mol. The number of hydrogen-bond donors (Lipinski definition) is 0. The molecule has 0 aromatic carbocycles. The summed E-state index contributed by atoms with van der Waals surface area (Å²) in [6.45, 7) is 0. The molecule has 2 atom stereocenters. The van der Waals surface area contributed by atoms with Crippen molar-refractivity contribution in [2.75, 3.05) is 14.2 Å². The van der Waals surface area contributed by atoms with Crippen molar-refractivity contribution in [1.82, 2.24) is 0 Å². The van der Waals surface area contributed by atoms with Gasteiger partial charge in [0.2, 0.25) is 0 Å². The first-order valence-electron chi connectivity index (χ1n) is 5.61. The summed E-state index contributed by atoms with van der Waals surface area (Å²) in [4.78, 5) is 12.4. The van der Waals surface area contributed by atoms with E-state index >= 15 is 0 Å². The van der Waals surface area contributed by atoms with E-state index in [0.29, 0.717) is 10.6 Å². The van der Waals surface area contributed by atoms with Crippen molar-refractivity contribution in [3.8, 4) is 5.75 Å². The molecule has 0 aliphatic heterocycles. The van der Waals surface area contributed by atoms with Crippen LogP contribution >= 0.6 is 11.3 Å². The molecule has 0 radical (unpaired) electrons. The van der Waals surface area contributed by atoms with Crippen LogP contribution in [0.5, 0.6) is 5.75 Å². The first-order chi connectivity index (χ1) is 8.24. The molecule has 0 amide bonds. The molecule has 0 saturated heterocycles. The van der Waals surface area contributed by atoms with Crippen molar-refractivity contribution in [3.05, 3.63) is 16.3 Å². The Morgan fingerprint density at radius 3 is 2.76 bits per heavy atom. The van der Waals surface area contributed by atoms with E-state index in [9.17, 15) is 4.79 Å². The lowest BCUT2D eigenvalue weighted by Gasteiger charge is -2.18. The van der Waals surface area contributed by atoms with E-state index in [4.69, 9.17) is 14.2 Å². The molecule has 5 heteroatoms. The molecule has 0 spiro atoms. The van der Waals surface area contributed by atoms with Crippen molar-refractivity contribution in [1.29, 1.82) is 0 Å². The first kappa shape index (κ1) is 12.4. The summed E-state index contributed by atoms with van der Waals surface area (Å²) in [6.07, 6.45) is 2.82. The fourth-order valence-electron chi connectivity index (χ4n) is 2.02. The Morgan fingerprint density at radius 1 is 1.35 bits per heavy atom. The van der Waals surface area contributed by atoms with Gasteiger partial charge in [-0.3, -0.25) is 0 Å². The molecule has 1 saturated carbocycles. The number of carbonyl (C=O) groups excluding carboxylic acids is 1. The molecule has 0 bridgehead atoms. The van der Waals surface area contributed by atoms with Crippen LogP contribution in [0.4, 0.5) is 0 Å². The maximum atomic E-state index is 11.9. The van der Waals surface area contributed by atoms with Gasteiger partial charge in [0.15, 0.2) is 0 Å². The van der Waals surface area contributed by atoms with Crippen molar-refractivity contribution in [3.63, 3.8) is 0 Å². The van der Waals surface area contributed by atoms with Crippen LogP contribution in [0.15, 0.2) is 11.4 Å². The van der Waals surface area contributed by atoms with Crippen molar-refractivity contribution >= 4 is 17.3 Å². The minimum absolute atomic E-state index is 0.0424. The Kier molecular flexibility index (Phi) is 4.02. The van der Waals surface area contributed by atoms with Gasteiger partial charge in [-0.2, -0.15) is 0 Å². The maximum Gasteiger partial charge on any atom is 0.348 e. The van der Waals surface area contributed by atoms with Crippen LogP contribution in [0.25, 0.3) is 0 Å². The van der Waals surface area contributed by atoms with E-state index in [2.05, 4.69) is 0 Å². The number of carbonyl (C=O) groups is 1. The lowest BCUT2D eigenvalue weighted by molar-refractivity contribution is -0.0203. The van der Waals surface area contributed by atoms with E-state index in [-0.39, 0.29) is 18.2 Å². The van der Waals surface area contributed by atoms with Gasteiger partial charge in [0.25, 0.3) is 0 Å². The molecule has 1 heterocycles. The summed E-state index contributed by atoms with van der Waals surface area (Å²) >= 11 is 1.33. The minimum atomic E-state index is -0.285. The highest BCUT2D eigenvalue weighted by molar-refractivity contribution is 7.12. The highest BCUT2D eigenvalue weighted by Gasteiger charge is 2.31. The van der Waals surface area contributed by atoms with Gasteiger partial charge in [-0.05, 0) is 19.3 Å². The van der Waals surface area contributed by atoms with Crippen LogP contribution in [0.1, 0.15) is 28.9 Å². The SMILES string of the molecule is COc1csc(C(=O)O[C@@H]2CCC[C@H]2OC)c1. The van der Waals surface area contributed by atoms with Gasteiger partial charge in [0.1, 0.15) is 16.7 Å². The van der Waals surface area contributed by atoms with E-state index in [0.717, 1.165) is 19.3 Å². The summed E-state index contributed by atoms with van der Waals surface area (Å²) in [7, 11) is 3.24. The first-order valence-corrected chi connectivity index (χ1v) is 6.49. The molecule has 17 heavy (non-hydrogen) atoms. The largest absolute Gasteiger partial charge is 0.496 e. The minimum Gasteiger partial charge on any atom is -0.496 e. The Morgan fingerprint density at radius 2 is 2.12 bits per heavy atom. The maximum absolute atomic E-state index is 11.9. The summed E-state index contributed by atoms with van der Waals surface area (Å²) in [6, 6.07) is 1.70. The molecular weight excluding hydrogens is 240 g/mol. The predicted octanol–water partition coefficient (Wildman–Crippen LogP) is 2.48. The molecule has 4 nitrogen and oxygen atoms in total. The molecule has 1 aromatic rings. The molecule has 2 rings (SSSR count). The van der Waals surface area contributed by atoms with Gasteiger partial charge in [-0.1, -0.05) is 0 Å². The third-order valence-electron chi connectivity index (χ3n) is 2.97. The number of thiophene rings is 1. The highest BCUT2D eigenvalue weighted by Crippen LogP contribution is 2.27. The average Bonchev–Trinajstić information content (AvgIpc) is 2.96. The zero-order valence-electron chi connectivity index (χ0n) is 9.97. The third-order valence-corrected chi connectivity index (χ3v) is 3.85. The quantitative estimate of drug-likeness (QED) is 0.776. The monoisotopic (exact) mass is 256 g/mol. The summed E-state index contributed by atoms with van der Waals surface area (Å²) in [5.74, 6) is 0.406. The van der Waals surface area contributed by atoms with Gasteiger partial charge in [-0.25, -0.2) is 4.79 Å². The van der Waals surface area contributed by atoms with Gasteiger partial charge < -0.3 is 14.2 Å². The molecule has 1 aromatic heterocycles. The predicted molar refractivity (Wildman–Crippen MR) is 64.7 cm³/mol. The van der Waals surface area contributed by atoms with Crippen LogP contribution in [-0.2, 0) is 9.47 Å². The number of esters is 1. The number of ether oxygens (including phenoxy) is 3. The topological polar surface area (TPSA) is 44.8 Å². The lowest BCUT2D eigenvalue weighted by atomic mass is 10.2. The lowest BCUT2D eigenvalue weighted by Crippen LogP contribution is -2.27. The fourth-order valence-corrected chi connectivity index (χ4v) is 2.76. The van der Waals surface area contributed by atoms with Gasteiger partial charge in [0.05, 0.1) is 13.2 Å². The second-order valence-corrected chi connectivity index (χ2v) is 4.91. The smallest absolute Gasteiger partial charge is 0.348 e. The van der Waals surface area contributed by atoms with Crippen molar-refractivity contribution in [2.45, 2.75) is 31.5 Å². The Labute approximate surface area is 104 Å². The molecule has 94 valence electrons. The van der Waals surface area contributed by atoms with Crippen LogP contribution in [0.3, 0.4) is 0 Å². The molecule has 0 unspecified atom stereocenters. The molecule has 1 aliphatic rings. The van der Waals surface area contributed by atoms with Crippen LogP contribution in [0, 0.1) is 0 Å². The number of hydrogen-bond acceptors (Lipinski definition) is 5. The highest BCUT2D eigenvalue weighted by atomic mass is 32.1. The second-order valence-electron chi connectivity index (χ2n) is 4.00. The molecular formula is C12H16O4S. The molecule has 1 fully saturated rings. The van der Waals surface area contributed by atoms with Gasteiger partial charge >= 0.3 is 5.97 Å². The summed E-state index contributed by atoms with van der Waals surface area (Å²) in [5.41, 5.74) is 0. The zero-order valence-corrected chi connectivity index (χ0v) is 10.8. The standard InChI is InChI=1S/C12H16O4S/c1-14-8-6-11(17-7-8)12(13)16-10-5-3-4-9(10)15-2/h6-7,9-10H,3-5H2,1-2H3/t9-,10-/m1/s1. The fraction of sp³-hybridized carbons (Fsp3) is 0.583. The summed E-state index contributed by atoms with van der Waals surface area (Å²) < 4.78 is 15.8. The summed E-state index contributed by atoms with van der Waals surface area (Å²) in [5, 5.41) is 1.79. The van der Waals surface area contributed by atoms with Crippen molar-refractivity contribution < 1.29 is 19.0 Å².